The van der Waals surface area contributed by atoms with Crippen molar-refractivity contribution in [3.8, 4) is 0 Å². The van der Waals surface area contributed by atoms with Crippen molar-refractivity contribution >= 4 is 17.8 Å². The normalized spacial score (nSPS) is 19.7. The number of nitrogens with zero attached hydrogens (tertiary/aromatic N) is 1. The standard InChI is InChI=1S/C18H24N2O4/c1-4-19-17(22)13(3)24-18(23)15-10-16(21)20(11-15)12(2)14-8-6-5-7-9-14/h5-9,12-13,15H,4,10-11H2,1-3H3,(H,19,22)/t12-,13+,15-/m0/s1. The number of likely N-dealkylation sites (tertiary alicyclic amines) is 1. The lowest BCUT2D eigenvalue weighted by Gasteiger charge is -2.25. The molecule has 24 heavy (non-hydrogen) atoms. The summed E-state index contributed by atoms with van der Waals surface area (Å²) in [7, 11) is 0. The Balaban J connectivity index is 1.96. The first kappa shape index (κ1) is 18.0. The van der Waals surface area contributed by atoms with E-state index in [1.807, 2.05) is 37.3 Å². The van der Waals surface area contributed by atoms with Crippen LogP contribution in [0.3, 0.4) is 0 Å². The second kappa shape index (κ2) is 7.95. The van der Waals surface area contributed by atoms with Gasteiger partial charge >= 0.3 is 5.97 Å². The Kier molecular flexibility index (Phi) is 5.95. The zero-order valence-corrected chi connectivity index (χ0v) is 14.3. The molecule has 3 atom stereocenters. The molecule has 0 spiro atoms. The number of carbonyl (C=O) groups excluding carboxylic acids is 3. The molecule has 1 aliphatic rings. The molecule has 0 radical (unpaired) electrons. The molecule has 6 heteroatoms. The van der Waals surface area contributed by atoms with Gasteiger partial charge in [0.1, 0.15) is 0 Å². The Morgan fingerprint density at radius 2 is 1.96 bits per heavy atom. The van der Waals surface area contributed by atoms with E-state index in [0.29, 0.717) is 13.1 Å². The average Bonchev–Trinajstić information content (AvgIpc) is 2.97. The Bertz CT molecular complexity index is 602. The van der Waals surface area contributed by atoms with Gasteiger partial charge in [0, 0.05) is 19.5 Å². The van der Waals surface area contributed by atoms with Crippen LogP contribution < -0.4 is 5.32 Å². The van der Waals surface area contributed by atoms with Crippen molar-refractivity contribution < 1.29 is 19.1 Å². The van der Waals surface area contributed by atoms with Crippen molar-refractivity contribution in [2.75, 3.05) is 13.1 Å². The number of benzene rings is 1. The van der Waals surface area contributed by atoms with Crippen LogP contribution in [0.5, 0.6) is 0 Å². The van der Waals surface area contributed by atoms with Gasteiger partial charge in [-0.05, 0) is 26.3 Å². The Morgan fingerprint density at radius 1 is 1.29 bits per heavy atom. The van der Waals surface area contributed by atoms with Crippen LogP contribution in [0.4, 0.5) is 0 Å². The summed E-state index contributed by atoms with van der Waals surface area (Å²) in [6.07, 6.45) is -0.730. The number of rotatable bonds is 6. The zero-order valence-electron chi connectivity index (χ0n) is 14.3. The summed E-state index contributed by atoms with van der Waals surface area (Å²) in [5.41, 5.74) is 1.02. The Labute approximate surface area is 142 Å². The van der Waals surface area contributed by atoms with Gasteiger partial charge in [-0.15, -0.1) is 0 Å². The molecule has 2 rings (SSSR count). The van der Waals surface area contributed by atoms with E-state index < -0.39 is 18.0 Å². The molecule has 1 aliphatic heterocycles. The van der Waals surface area contributed by atoms with Gasteiger partial charge in [0.15, 0.2) is 6.10 Å². The summed E-state index contributed by atoms with van der Waals surface area (Å²) < 4.78 is 5.20. The van der Waals surface area contributed by atoms with Crippen LogP contribution in [0, 0.1) is 5.92 Å². The fourth-order valence-corrected chi connectivity index (χ4v) is 2.82. The maximum atomic E-state index is 12.3. The number of esters is 1. The van der Waals surface area contributed by atoms with E-state index in [2.05, 4.69) is 5.32 Å². The van der Waals surface area contributed by atoms with Gasteiger partial charge in [0.05, 0.1) is 12.0 Å². The van der Waals surface area contributed by atoms with E-state index in [0.717, 1.165) is 5.56 Å². The van der Waals surface area contributed by atoms with Crippen LogP contribution in [-0.4, -0.2) is 41.9 Å². The molecule has 1 heterocycles. The van der Waals surface area contributed by atoms with E-state index in [-0.39, 0.29) is 24.3 Å². The third-order valence-electron chi connectivity index (χ3n) is 4.25. The summed E-state index contributed by atoms with van der Waals surface area (Å²) in [5, 5.41) is 2.61. The first-order chi connectivity index (χ1) is 11.4. The minimum absolute atomic E-state index is 0.0704. The van der Waals surface area contributed by atoms with Gasteiger partial charge in [0.25, 0.3) is 5.91 Å². The molecule has 130 valence electrons. The van der Waals surface area contributed by atoms with E-state index >= 15 is 0 Å². The molecular formula is C18H24N2O4. The largest absolute Gasteiger partial charge is 0.452 e. The van der Waals surface area contributed by atoms with Gasteiger partial charge in [-0.2, -0.15) is 0 Å². The third kappa shape index (κ3) is 4.13. The molecule has 2 amide bonds. The van der Waals surface area contributed by atoms with Gasteiger partial charge < -0.3 is 15.0 Å². The highest BCUT2D eigenvalue weighted by Crippen LogP contribution is 2.29. The predicted molar refractivity (Wildman–Crippen MR) is 88.9 cm³/mol. The van der Waals surface area contributed by atoms with Crippen LogP contribution in [0.2, 0.25) is 0 Å². The van der Waals surface area contributed by atoms with Gasteiger partial charge in [0.2, 0.25) is 5.91 Å². The quantitative estimate of drug-likeness (QED) is 0.804. The van der Waals surface area contributed by atoms with E-state index in [4.69, 9.17) is 4.74 Å². The van der Waals surface area contributed by atoms with E-state index in [1.54, 1.807) is 11.8 Å². The average molecular weight is 332 g/mol. The van der Waals surface area contributed by atoms with Crippen LogP contribution in [0.25, 0.3) is 0 Å². The Morgan fingerprint density at radius 3 is 2.58 bits per heavy atom. The summed E-state index contributed by atoms with van der Waals surface area (Å²) in [6.45, 7) is 6.06. The first-order valence-corrected chi connectivity index (χ1v) is 8.26. The summed E-state index contributed by atoms with van der Waals surface area (Å²) in [6, 6.07) is 9.59. The molecule has 1 N–H and O–H groups in total. The highest BCUT2D eigenvalue weighted by Gasteiger charge is 2.38. The first-order valence-electron chi connectivity index (χ1n) is 8.26. The Hall–Kier alpha value is -2.37. The van der Waals surface area contributed by atoms with Crippen LogP contribution in [0.1, 0.15) is 38.8 Å². The molecule has 0 aliphatic carbocycles. The van der Waals surface area contributed by atoms with Gasteiger partial charge in [-0.25, -0.2) is 0 Å². The molecule has 0 unspecified atom stereocenters. The lowest BCUT2D eigenvalue weighted by atomic mass is 10.1. The minimum Gasteiger partial charge on any atom is -0.452 e. The lowest BCUT2D eigenvalue weighted by Crippen LogP contribution is -2.37. The van der Waals surface area contributed by atoms with Crippen LogP contribution in [0.15, 0.2) is 30.3 Å². The van der Waals surface area contributed by atoms with Crippen molar-refractivity contribution in [1.29, 1.82) is 0 Å². The lowest BCUT2D eigenvalue weighted by molar-refractivity contribution is -0.158. The predicted octanol–water partition coefficient (Wildman–Crippen LogP) is 1.66. The number of hydrogen-bond donors (Lipinski definition) is 1. The maximum Gasteiger partial charge on any atom is 0.312 e. The molecule has 1 aromatic rings. The van der Waals surface area contributed by atoms with Crippen molar-refractivity contribution in [1.82, 2.24) is 10.2 Å². The number of likely N-dealkylation sites (N-methyl/N-ethyl adjacent to an activating group) is 1. The number of nitrogens with one attached hydrogen (secondary N) is 1. The van der Waals surface area contributed by atoms with Crippen LogP contribution in [-0.2, 0) is 19.1 Å². The van der Waals surface area contributed by atoms with E-state index in [1.165, 1.54) is 6.92 Å². The van der Waals surface area contributed by atoms with Crippen molar-refractivity contribution in [3.63, 3.8) is 0 Å². The van der Waals surface area contributed by atoms with E-state index in [9.17, 15) is 14.4 Å². The molecule has 0 bridgehead atoms. The highest BCUT2D eigenvalue weighted by atomic mass is 16.5. The van der Waals surface area contributed by atoms with Crippen LogP contribution >= 0.6 is 0 Å². The minimum atomic E-state index is -0.854. The number of amides is 2. The number of carbonyl (C=O) groups is 3. The summed E-state index contributed by atoms with van der Waals surface area (Å²) >= 11 is 0. The number of ether oxygens (including phenoxy) is 1. The molecular weight excluding hydrogens is 308 g/mol. The molecule has 0 saturated carbocycles. The van der Waals surface area contributed by atoms with Gasteiger partial charge in [-0.3, -0.25) is 14.4 Å². The molecule has 1 saturated heterocycles. The molecule has 0 aromatic heterocycles. The second-order valence-electron chi connectivity index (χ2n) is 6.01. The van der Waals surface area contributed by atoms with Crippen molar-refractivity contribution in [3.05, 3.63) is 35.9 Å². The monoisotopic (exact) mass is 332 g/mol. The zero-order chi connectivity index (χ0) is 17.7. The van der Waals surface area contributed by atoms with Gasteiger partial charge in [-0.1, -0.05) is 30.3 Å². The topological polar surface area (TPSA) is 75.7 Å². The maximum absolute atomic E-state index is 12.3. The highest BCUT2D eigenvalue weighted by molar-refractivity contribution is 5.89. The fraction of sp³-hybridized carbons (Fsp3) is 0.500. The smallest absolute Gasteiger partial charge is 0.312 e. The molecule has 6 nitrogen and oxygen atoms in total. The third-order valence-corrected chi connectivity index (χ3v) is 4.25. The molecule has 1 fully saturated rings. The van der Waals surface area contributed by atoms with Crippen molar-refractivity contribution in [2.45, 2.75) is 39.3 Å². The second-order valence-corrected chi connectivity index (χ2v) is 6.01. The summed E-state index contributed by atoms with van der Waals surface area (Å²) in [5.74, 6) is -1.42. The SMILES string of the molecule is CCNC(=O)[C@@H](C)OC(=O)[C@H]1CC(=O)N([C@@H](C)c2ccccc2)C1. The summed E-state index contributed by atoms with van der Waals surface area (Å²) in [4.78, 5) is 37.8. The molecule has 1 aromatic carbocycles. The fourth-order valence-electron chi connectivity index (χ4n) is 2.82. The van der Waals surface area contributed by atoms with Crippen molar-refractivity contribution in [2.24, 2.45) is 5.92 Å². The number of hydrogen-bond acceptors (Lipinski definition) is 4.